The van der Waals surface area contributed by atoms with Gasteiger partial charge in [0.05, 0.1) is 0 Å². The van der Waals surface area contributed by atoms with Crippen LogP contribution in [0.2, 0.25) is 0 Å². The van der Waals surface area contributed by atoms with Gasteiger partial charge in [-0.3, -0.25) is 4.79 Å². The minimum atomic E-state index is -0.125. The summed E-state index contributed by atoms with van der Waals surface area (Å²) in [7, 11) is 0. The van der Waals surface area contributed by atoms with Crippen molar-refractivity contribution in [2.24, 2.45) is 0 Å². The Balaban J connectivity index is 3.50. The van der Waals surface area contributed by atoms with Crippen molar-refractivity contribution in [1.29, 1.82) is 0 Å². The second kappa shape index (κ2) is 6.50. The number of hydrogen-bond donors (Lipinski definition) is 0. The van der Waals surface area contributed by atoms with Crippen molar-refractivity contribution in [3.8, 4) is 0 Å². The van der Waals surface area contributed by atoms with Crippen LogP contribution >= 0.6 is 0 Å². The first kappa shape index (κ1) is 10.8. The highest BCUT2D eigenvalue weighted by Crippen LogP contribution is 2.00. The van der Waals surface area contributed by atoms with Crippen LogP contribution in [0, 0.1) is 0 Å². The Morgan fingerprint density at radius 3 is 2.67 bits per heavy atom. The second-order valence-corrected chi connectivity index (χ2v) is 2.88. The highest BCUT2D eigenvalue weighted by Gasteiger charge is 1.99. The molecule has 0 aromatic rings. The molecule has 0 saturated heterocycles. The van der Waals surface area contributed by atoms with Crippen LogP contribution < -0.4 is 0 Å². The van der Waals surface area contributed by atoms with Gasteiger partial charge in [0, 0.05) is 6.42 Å². The minimum Gasteiger partial charge on any atom is -0.361 e. The maximum atomic E-state index is 10.8. The number of ketones is 1. The molecule has 12 heavy (non-hydrogen) atoms. The molecule has 0 atom stereocenters. The van der Waals surface area contributed by atoms with E-state index in [9.17, 15) is 4.79 Å². The van der Waals surface area contributed by atoms with E-state index in [1.807, 2.05) is 13.8 Å². The highest BCUT2D eigenvalue weighted by molar-refractivity contribution is 6.25. The van der Waals surface area contributed by atoms with Crippen molar-refractivity contribution in [3.05, 3.63) is 17.2 Å². The lowest BCUT2D eigenvalue weighted by Crippen LogP contribution is -1.98. The maximum Gasteiger partial charge on any atom is 0.323 e. The predicted molar refractivity (Wildman–Crippen MR) is 48.0 cm³/mol. The summed E-state index contributed by atoms with van der Waals surface area (Å²) in [5.74, 6) is -0.125. The fourth-order valence-corrected chi connectivity index (χ4v) is 0.796. The van der Waals surface area contributed by atoms with Gasteiger partial charge < -0.3 is 5.53 Å². The third-order valence-electron chi connectivity index (χ3n) is 1.38. The fourth-order valence-electron chi connectivity index (χ4n) is 0.796. The van der Waals surface area contributed by atoms with Gasteiger partial charge >= 0.3 is 6.21 Å². The van der Waals surface area contributed by atoms with E-state index in [1.54, 1.807) is 0 Å². The van der Waals surface area contributed by atoms with Crippen LogP contribution in [-0.2, 0) is 4.79 Å². The van der Waals surface area contributed by atoms with E-state index in [4.69, 9.17) is 5.53 Å². The predicted octanol–water partition coefficient (Wildman–Crippen LogP) is 1.99. The molecule has 0 N–H and O–H groups in total. The monoisotopic (exact) mass is 166 g/mol. The van der Waals surface area contributed by atoms with E-state index < -0.39 is 0 Å². The third kappa shape index (κ3) is 6.90. The molecule has 0 aromatic carbocycles. The van der Waals surface area contributed by atoms with Gasteiger partial charge in [-0.1, -0.05) is 11.6 Å². The largest absolute Gasteiger partial charge is 0.361 e. The molecular formula is C9H14N2O. The number of unbranched alkanes of at least 4 members (excludes halogenated alkanes) is 1. The van der Waals surface area contributed by atoms with E-state index in [2.05, 4.69) is 10.9 Å². The average molecular weight is 166 g/mol. The Labute approximate surface area is 72.7 Å². The number of rotatable bonds is 5. The standard InChI is InChI=1S/C9H14N2O/c1-8(2)5-3-4-6-9(12)7-11-10/h5,7H,3-4,6H2,1-2H3. The number of carbonyl (C=O) groups is 1. The van der Waals surface area contributed by atoms with E-state index in [0.717, 1.165) is 19.1 Å². The van der Waals surface area contributed by atoms with Crippen LogP contribution in [0.1, 0.15) is 33.1 Å². The first-order valence-electron chi connectivity index (χ1n) is 4.00. The maximum absolute atomic E-state index is 10.8. The van der Waals surface area contributed by atoms with Gasteiger partial charge in [0.1, 0.15) is 0 Å². The Hall–Kier alpha value is -1.21. The summed E-state index contributed by atoms with van der Waals surface area (Å²) in [6.07, 6.45) is 5.21. The Kier molecular flexibility index (Phi) is 5.84. The molecule has 0 aliphatic carbocycles. The summed E-state index contributed by atoms with van der Waals surface area (Å²) in [4.78, 5) is 13.4. The zero-order chi connectivity index (χ0) is 9.40. The van der Waals surface area contributed by atoms with Crippen molar-refractivity contribution in [3.63, 3.8) is 0 Å². The molecule has 3 heteroatoms. The minimum absolute atomic E-state index is 0.125. The fraction of sp³-hybridized carbons (Fsp3) is 0.556. The first-order valence-corrected chi connectivity index (χ1v) is 4.00. The van der Waals surface area contributed by atoms with Crippen LogP contribution in [0.25, 0.3) is 5.53 Å². The van der Waals surface area contributed by atoms with Crippen LogP contribution in [0.4, 0.5) is 0 Å². The topological polar surface area (TPSA) is 53.5 Å². The molecule has 0 amide bonds. The zero-order valence-corrected chi connectivity index (χ0v) is 7.58. The molecule has 0 saturated carbocycles. The van der Waals surface area contributed by atoms with Crippen LogP contribution in [0.3, 0.4) is 0 Å². The summed E-state index contributed by atoms with van der Waals surface area (Å²) >= 11 is 0. The number of allylic oxidation sites excluding steroid dienone is 2. The molecule has 0 spiro atoms. The van der Waals surface area contributed by atoms with E-state index >= 15 is 0 Å². The van der Waals surface area contributed by atoms with Gasteiger partial charge in [0.15, 0.2) is 0 Å². The first-order chi connectivity index (χ1) is 5.66. The molecule has 0 aromatic heterocycles. The van der Waals surface area contributed by atoms with Gasteiger partial charge in [0.2, 0.25) is 5.78 Å². The molecule has 3 nitrogen and oxygen atoms in total. The lowest BCUT2D eigenvalue weighted by molar-refractivity contribution is -0.116. The van der Waals surface area contributed by atoms with E-state index in [1.165, 1.54) is 5.57 Å². The summed E-state index contributed by atoms with van der Waals surface area (Å²) in [5, 5.41) is 0. The zero-order valence-electron chi connectivity index (χ0n) is 7.58. The van der Waals surface area contributed by atoms with E-state index in [0.29, 0.717) is 6.42 Å². The van der Waals surface area contributed by atoms with Gasteiger partial charge in [0.25, 0.3) is 0 Å². The van der Waals surface area contributed by atoms with Gasteiger partial charge in [-0.25, -0.2) is 0 Å². The molecular weight excluding hydrogens is 152 g/mol. The number of nitrogens with zero attached hydrogens (tertiary/aromatic N) is 2. The Morgan fingerprint density at radius 2 is 2.17 bits per heavy atom. The SMILES string of the molecule is CC(C)=CCCCC(=O)C=[N+]=[N-]. The Morgan fingerprint density at radius 1 is 1.50 bits per heavy atom. The van der Waals surface area contributed by atoms with Crippen LogP contribution in [0.5, 0.6) is 0 Å². The molecule has 0 aliphatic rings. The van der Waals surface area contributed by atoms with Crippen molar-refractivity contribution in [2.75, 3.05) is 0 Å². The van der Waals surface area contributed by atoms with Crippen molar-refractivity contribution < 1.29 is 9.58 Å². The second-order valence-electron chi connectivity index (χ2n) is 2.88. The lowest BCUT2D eigenvalue weighted by atomic mass is 10.1. The smallest absolute Gasteiger partial charge is 0.323 e. The summed E-state index contributed by atoms with van der Waals surface area (Å²) in [6.45, 7) is 4.05. The molecule has 0 fully saturated rings. The quantitative estimate of drug-likeness (QED) is 0.202. The average Bonchev–Trinajstić information content (AvgIpc) is 1.98. The van der Waals surface area contributed by atoms with Crippen LogP contribution in [-0.4, -0.2) is 16.8 Å². The molecule has 0 unspecified atom stereocenters. The van der Waals surface area contributed by atoms with Crippen molar-refractivity contribution in [2.45, 2.75) is 33.1 Å². The van der Waals surface area contributed by atoms with Crippen molar-refractivity contribution >= 4 is 12.0 Å². The van der Waals surface area contributed by atoms with Gasteiger partial charge in [-0.2, -0.15) is 4.79 Å². The molecule has 66 valence electrons. The molecule has 0 heterocycles. The Bertz CT molecular complexity index is 221. The summed E-state index contributed by atoms with van der Waals surface area (Å²) < 4.78 is 0. The molecule has 0 rings (SSSR count). The van der Waals surface area contributed by atoms with Crippen molar-refractivity contribution in [1.82, 2.24) is 0 Å². The van der Waals surface area contributed by atoms with Gasteiger partial charge in [-0.05, 0) is 26.7 Å². The van der Waals surface area contributed by atoms with Gasteiger partial charge in [-0.15, -0.1) is 0 Å². The number of Topliss-reactive ketones (excluding diaryl/α,β-unsaturated/α-hetero) is 1. The lowest BCUT2D eigenvalue weighted by Gasteiger charge is -1.90. The number of hydrogen-bond acceptors (Lipinski definition) is 1. The summed E-state index contributed by atoms with van der Waals surface area (Å²) in [6, 6.07) is 0. The number of carbonyl (C=O) groups excluding carboxylic acids is 1. The molecule has 0 radical (unpaired) electrons. The van der Waals surface area contributed by atoms with E-state index in [-0.39, 0.29) is 5.78 Å². The van der Waals surface area contributed by atoms with Crippen LogP contribution in [0.15, 0.2) is 11.6 Å². The molecule has 0 aliphatic heterocycles. The summed E-state index contributed by atoms with van der Waals surface area (Å²) in [5.41, 5.74) is 9.28. The normalized spacial score (nSPS) is 8.50. The molecule has 0 bridgehead atoms. The highest BCUT2D eigenvalue weighted by atomic mass is 16.1. The third-order valence-corrected chi connectivity index (χ3v) is 1.38.